The Morgan fingerprint density at radius 3 is 2.47 bits per heavy atom. The lowest BCUT2D eigenvalue weighted by Gasteiger charge is -2.36. The van der Waals surface area contributed by atoms with Crippen molar-refractivity contribution in [1.29, 1.82) is 0 Å². The van der Waals surface area contributed by atoms with E-state index in [1.54, 1.807) is 7.11 Å². The molecule has 1 aromatic carbocycles. The van der Waals surface area contributed by atoms with E-state index in [4.69, 9.17) is 27.9 Å². The summed E-state index contributed by atoms with van der Waals surface area (Å²) in [6, 6.07) is 6.08. The van der Waals surface area contributed by atoms with Crippen LogP contribution in [0.1, 0.15) is 37.7 Å². The van der Waals surface area contributed by atoms with Gasteiger partial charge in [-0.05, 0) is 30.5 Å². The molecule has 0 N–H and O–H groups in total. The first-order valence-electron chi connectivity index (χ1n) is 6.12. The van der Waals surface area contributed by atoms with Gasteiger partial charge in [0.05, 0.1) is 12.1 Å². The van der Waals surface area contributed by atoms with Crippen LogP contribution in [0.3, 0.4) is 0 Å². The SMILES string of the molecule is COc1ccc(C2(CCl)CCCCC2)cc1Cl. The van der Waals surface area contributed by atoms with Gasteiger partial charge in [-0.3, -0.25) is 0 Å². The molecule has 0 unspecified atom stereocenters. The van der Waals surface area contributed by atoms with Crippen molar-refractivity contribution in [3.05, 3.63) is 28.8 Å². The maximum Gasteiger partial charge on any atom is 0.137 e. The first kappa shape index (κ1) is 13.0. The van der Waals surface area contributed by atoms with Crippen molar-refractivity contribution in [2.45, 2.75) is 37.5 Å². The van der Waals surface area contributed by atoms with Crippen molar-refractivity contribution in [3.8, 4) is 5.75 Å². The summed E-state index contributed by atoms with van der Waals surface area (Å²) in [6.45, 7) is 0. The van der Waals surface area contributed by atoms with Crippen molar-refractivity contribution < 1.29 is 4.74 Å². The van der Waals surface area contributed by atoms with Gasteiger partial charge in [-0.25, -0.2) is 0 Å². The maximum atomic E-state index is 6.22. The summed E-state index contributed by atoms with van der Waals surface area (Å²) in [4.78, 5) is 0. The van der Waals surface area contributed by atoms with E-state index < -0.39 is 0 Å². The van der Waals surface area contributed by atoms with Crippen LogP contribution in [0.2, 0.25) is 5.02 Å². The number of alkyl halides is 1. The van der Waals surface area contributed by atoms with Gasteiger partial charge < -0.3 is 4.74 Å². The Morgan fingerprint density at radius 1 is 1.24 bits per heavy atom. The molecule has 0 aromatic heterocycles. The van der Waals surface area contributed by atoms with Crippen molar-refractivity contribution in [1.82, 2.24) is 0 Å². The molecule has 0 radical (unpaired) electrons. The summed E-state index contributed by atoms with van der Waals surface area (Å²) in [7, 11) is 1.64. The van der Waals surface area contributed by atoms with E-state index in [0.717, 1.165) is 5.75 Å². The molecule has 94 valence electrons. The number of benzene rings is 1. The van der Waals surface area contributed by atoms with E-state index in [2.05, 4.69) is 6.07 Å². The monoisotopic (exact) mass is 272 g/mol. The van der Waals surface area contributed by atoms with Crippen LogP contribution < -0.4 is 4.74 Å². The summed E-state index contributed by atoms with van der Waals surface area (Å²) in [5.41, 5.74) is 1.38. The zero-order chi connectivity index (χ0) is 12.3. The molecule has 1 fully saturated rings. The standard InChI is InChI=1S/C14H18Cl2O/c1-17-13-6-5-11(9-12(13)16)14(10-15)7-3-2-4-8-14/h5-6,9H,2-4,7-8,10H2,1H3. The average Bonchev–Trinajstić information content (AvgIpc) is 2.39. The average molecular weight is 273 g/mol. The van der Waals surface area contributed by atoms with Gasteiger partial charge in [0.2, 0.25) is 0 Å². The van der Waals surface area contributed by atoms with Crippen LogP contribution in [-0.4, -0.2) is 13.0 Å². The number of hydrogen-bond donors (Lipinski definition) is 0. The molecule has 0 bridgehead atoms. The molecule has 0 saturated heterocycles. The molecule has 0 spiro atoms. The third-order valence-electron chi connectivity index (χ3n) is 3.83. The minimum atomic E-state index is 0.121. The van der Waals surface area contributed by atoms with Gasteiger partial charge in [0.25, 0.3) is 0 Å². The van der Waals surface area contributed by atoms with Crippen molar-refractivity contribution >= 4 is 23.2 Å². The fourth-order valence-corrected chi connectivity index (χ4v) is 3.40. The molecule has 2 rings (SSSR count). The number of hydrogen-bond acceptors (Lipinski definition) is 1. The molecule has 1 saturated carbocycles. The normalized spacial score (nSPS) is 19.0. The second-order valence-corrected chi connectivity index (χ2v) is 5.50. The molecule has 0 amide bonds. The Balaban J connectivity index is 2.33. The summed E-state index contributed by atoms with van der Waals surface area (Å²) in [6.07, 6.45) is 6.17. The molecular formula is C14H18Cl2O. The van der Waals surface area contributed by atoms with Gasteiger partial charge in [0, 0.05) is 11.3 Å². The highest BCUT2D eigenvalue weighted by atomic mass is 35.5. The van der Waals surface area contributed by atoms with Gasteiger partial charge in [-0.2, -0.15) is 0 Å². The summed E-state index contributed by atoms with van der Waals surface area (Å²) in [5, 5.41) is 0.681. The molecule has 17 heavy (non-hydrogen) atoms. The second kappa shape index (κ2) is 5.49. The van der Waals surface area contributed by atoms with Crippen molar-refractivity contribution in [2.75, 3.05) is 13.0 Å². The number of rotatable bonds is 3. The van der Waals surface area contributed by atoms with Crippen LogP contribution in [-0.2, 0) is 5.41 Å². The van der Waals surface area contributed by atoms with E-state index in [9.17, 15) is 0 Å². The number of methoxy groups -OCH3 is 1. The molecular weight excluding hydrogens is 255 g/mol. The van der Waals surface area contributed by atoms with Crippen LogP contribution in [0.15, 0.2) is 18.2 Å². The van der Waals surface area contributed by atoms with E-state index in [-0.39, 0.29) is 5.41 Å². The first-order chi connectivity index (χ1) is 8.22. The Bertz CT molecular complexity index is 384. The van der Waals surface area contributed by atoms with Crippen LogP contribution in [0.4, 0.5) is 0 Å². The lowest BCUT2D eigenvalue weighted by Crippen LogP contribution is -2.30. The topological polar surface area (TPSA) is 9.23 Å². The maximum absolute atomic E-state index is 6.22. The zero-order valence-electron chi connectivity index (χ0n) is 10.1. The minimum absolute atomic E-state index is 0.121. The highest BCUT2D eigenvalue weighted by Crippen LogP contribution is 2.42. The largest absolute Gasteiger partial charge is 0.495 e. The van der Waals surface area contributed by atoms with Gasteiger partial charge in [-0.15, -0.1) is 11.6 Å². The number of halogens is 2. The van der Waals surface area contributed by atoms with E-state index in [0.29, 0.717) is 10.9 Å². The fourth-order valence-electron chi connectivity index (χ4n) is 2.72. The minimum Gasteiger partial charge on any atom is -0.495 e. The number of ether oxygens (including phenoxy) is 1. The first-order valence-corrected chi connectivity index (χ1v) is 7.03. The van der Waals surface area contributed by atoms with E-state index in [1.807, 2.05) is 12.1 Å². The van der Waals surface area contributed by atoms with Crippen LogP contribution >= 0.6 is 23.2 Å². The van der Waals surface area contributed by atoms with Gasteiger partial charge in [-0.1, -0.05) is 36.9 Å². The van der Waals surface area contributed by atoms with Crippen LogP contribution in [0.25, 0.3) is 0 Å². The third-order valence-corrected chi connectivity index (χ3v) is 4.64. The quantitative estimate of drug-likeness (QED) is 0.719. The summed E-state index contributed by atoms with van der Waals surface area (Å²) < 4.78 is 5.19. The van der Waals surface area contributed by atoms with E-state index in [1.165, 1.54) is 37.7 Å². The highest BCUT2D eigenvalue weighted by Gasteiger charge is 2.33. The summed E-state index contributed by atoms with van der Waals surface area (Å²) in [5.74, 6) is 1.41. The molecule has 1 nitrogen and oxygen atoms in total. The third kappa shape index (κ3) is 2.56. The predicted molar refractivity (Wildman–Crippen MR) is 73.5 cm³/mol. The molecule has 1 aliphatic carbocycles. The molecule has 0 heterocycles. The van der Waals surface area contributed by atoms with Crippen molar-refractivity contribution in [3.63, 3.8) is 0 Å². The Hall–Kier alpha value is -0.400. The highest BCUT2D eigenvalue weighted by molar-refractivity contribution is 6.32. The second-order valence-electron chi connectivity index (χ2n) is 4.82. The molecule has 0 aliphatic heterocycles. The Morgan fingerprint density at radius 2 is 1.94 bits per heavy atom. The molecule has 0 atom stereocenters. The Labute approximate surface area is 113 Å². The van der Waals surface area contributed by atoms with Gasteiger partial charge in [0.1, 0.15) is 5.75 Å². The lowest BCUT2D eigenvalue weighted by molar-refractivity contribution is 0.323. The molecule has 1 aromatic rings. The predicted octanol–water partition coefficient (Wildman–Crippen LogP) is 4.79. The van der Waals surface area contributed by atoms with Gasteiger partial charge in [0.15, 0.2) is 0 Å². The van der Waals surface area contributed by atoms with Gasteiger partial charge >= 0.3 is 0 Å². The summed E-state index contributed by atoms with van der Waals surface area (Å²) >= 11 is 12.4. The smallest absolute Gasteiger partial charge is 0.137 e. The van der Waals surface area contributed by atoms with E-state index >= 15 is 0 Å². The van der Waals surface area contributed by atoms with Crippen LogP contribution in [0, 0.1) is 0 Å². The zero-order valence-corrected chi connectivity index (χ0v) is 11.7. The Kier molecular flexibility index (Phi) is 4.22. The lowest BCUT2D eigenvalue weighted by atomic mass is 9.71. The molecule has 3 heteroatoms. The van der Waals surface area contributed by atoms with Crippen LogP contribution in [0.5, 0.6) is 5.75 Å². The van der Waals surface area contributed by atoms with Crippen molar-refractivity contribution in [2.24, 2.45) is 0 Å². The fraction of sp³-hybridized carbons (Fsp3) is 0.571. The molecule has 1 aliphatic rings.